The molecule has 2 aliphatic rings. The fraction of sp³-hybridized carbons (Fsp3) is 0.455. The lowest BCUT2D eigenvalue weighted by Gasteiger charge is -2.30. The van der Waals surface area contributed by atoms with Crippen LogP contribution in [0.5, 0.6) is 11.5 Å². The Balaban J connectivity index is 0.00000102. The van der Waals surface area contributed by atoms with Crippen LogP contribution in [-0.2, 0) is 5.79 Å². The van der Waals surface area contributed by atoms with Gasteiger partial charge < -0.3 is 14.4 Å². The number of hydrogen-bond acceptors (Lipinski definition) is 5. The van der Waals surface area contributed by atoms with E-state index in [1.54, 1.807) is 18.3 Å². The van der Waals surface area contributed by atoms with Crippen molar-refractivity contribution >= 4 is 0 Å². The minimum atomic E-state index is -0.960. The maximum atomic E-state index is 8.94. The zero-order chi connectivity index (χ0) is 19.4. The minimum absolute atomic E-state index is 0.492. The fourth-order valence-electron chi connectivity index (χ4n) is 3.62. The summed E-state index contributed by atoms with van der Waals surface area (Å²) in [7, 11) is 2.17. The lowest BCUT2D eigenvalue weighted by molar-refractivity contribution is -0.0722. The molecule has 2 aliphatic heterocycles. The highest BCUT2D eigenvalue weighted by molar-refractivity contribution is 5.51. The standard InChI is InChI=1S/C20H21N3O2.C2H6/c1-20(18-7-6-14(12-21)13-22-18)24-17-5-3-4-16(19(17)25-20)15-8-10-23(2)11-9-15;1-2/h3-7,13,15H,8-11H2,1-2H3;1-2H3. The summed E-state index contributed by atoms with van der Waals surface area (Å²) in [6, 6.07) is 11.7. The molecule has 0 saturated carbocycles. The van der Waals surface area contributed by atoms with Crippen molar-refractivity contribution in [1.29, 1.82) is 5.26 Å². The number of pyridine rings is 1. The van der Waals surface area contributed by atoms with Crippen molar-refractivity contribution < 1.29 is 9.47 Å². The number of likely N-dealkylation sites (tertiary alicyclic amines) is 1. The molecule has 1 atom stereocenters. The van der Waals surface area contributed by atoms with E-state index >= 15 is 0 Å². The zero-order valence-electron chi connectivity index (χ0n) is 16.5. The summed E-state index contributed by atoms with van der Waals surface area (Å²) in [5, 5.41) is 8.94. The number of fused-ring (bicyclic) bond motifs is 1. The third-order valence-electron chi connectivity index (χ3n) is 5.13. The smallest absolute Gasteiger partial charge is 0.292 e. The van der Waals surface area contributed by atoms with E-state index in [0.717, 1.165) is 37.4 Å². The van der Waals surface area contributed by atoms with Gasteiger partial charge in [0.05, 0.1) is 5.56 Å². The maximum Gasteiger partial charge on any atom is 0.292 e. The molecule has 1 unspecified atom stereocenters. The first-order valence-corrected chi connectivity index (χ1v) is 9.65. The SMILES string of the molecule is CC.CN1CCC(c2cccc3c2OC(C)(c2ccc(C#N)cn2)O3)CC1. The van der Waals surface area contributed by atoms with E-state index in [1.165, 1.54) is 5.56 Å². The Morgan fingerprint density at radius 2 is 1.89 bits per heavy atom. The predicted octanol–water partition coefficient (Wildman–Crippen LogP) is 4.43. The largest absolute Gasteiger partial charge is 0.443 e. The van der Waals surface area contributed by atoms with Gasteiger partial charge in [-0.2, -0.15) is 5.26 Å². The van der Waals surface area contributed by atoms with E-state index in [9.17, 15) is 0 Å². The average molecular weight is 365 g/mol. The van der Waals surface area contributed by atoms with E-state index in [1.807, 2.05) is 32.9 Å². The number of rotatable bonds is 2. The quantitative estimate of drug-likeness (QED) is 0.788. The molecule has 0 aliphatic carbocycles. The number of para-hydroxylation sites is 1. The number of benzene rings is 1. The van der Waals surface area contributed by atoms with Gasteiger partial charge in [0.15, 0.2) is 11.5 Å². The van der Waals surface area contributed by atoms with Gasteiger partial charge in [0.1, 0.15) is 11.8 Å². The van der Waals surface area contributed by atoms with E-state index < -0.39 is 5.79 Å². The molecular formula is C22H27N3O2. The Hall–Kier alpha value is -2.58. The molecule has 0 spiro atoms. The monoisotopic (exact) mass is 365 g/mol. The van der Waals surface area contributed by atoms with Gasteiger partial charge in [-0.25, -0.2) is 0 Å². The van der Waals surface area contributed by atoms with E-state index in [4.69, 9.17) is 14.7 Å². The predicted molar refractivity (Wildman–Crippen MR) is 105 cm³/mol. The number of piperidine rings is 1. The summed E-state index contributed by atoms with van der Waals surface area (Å²) in [5.41, 5.74) is 2.41. The molecule has 3 heterocycles. The Morgan fingerprint density at radius 3 is 2.52 bits per heavy atom. The maximum absolute atomic E-state index is 8.94. The molecule has 2 aromatic rings. The highest BCUT2D eigenvalue weighted by Gasteiger charge is 2.42. The first-order chi connectivity index (χ1) is 13.1. The van der Waals surface area contributed by atoms with Gasteiger partial charge in [0.2, 0.25) is 0 Å². The molecule has 1 aromatic carbocycles. The van der Waals surface area contributed by atoms with Crippen LogP contribution in [0.25, 0.3) is 0 Å². The van der Waals surface area contributed by atoms with E-state index in [2.05, 4.69) is 29.1 Å². The molecule has 1 aromatic heterocycles. The van der Waals surface area contributed by atoms with Crippen molar-refractivity contribution in [2.45, 2.75) is 45.3 Å². The van der Waals surface area contributed by atoms with Crippen molar-refractivity contribution in [3.05, 3.63) is 53.3 Å². The molecule has 0 N–H and O–H groups in total. The summed E-state index contributed by atoms with van der Waals surface area (Å²) in [5.74, 6) is 1.14. The van der Waals surface area contributed by atoms with Crippen LogP contribution in [-0.4, -0.2) is 30.0 Å². The van der Waals surface area contributed by atoms with Crippen molar-refractivity contribution in [2.75, 3.05) is 20.1 Å². The molecule has 0 bridgehead atoms. The summed E-state index contributed by atoms with van der Waals surface area (Å²) in [6.45, 7) is 8.08. The lowest BCUT2D eigenvalue weighted by Crippen LogP contribution is -2.33. The van der Waals surface area contributed by atoms with Gasteiger partial charge in [-0.05, 0) is 57.1 Å². The second-order valence-electron chi connectivity index (χ2n) is 6.95. The highest BCUT2D eigenvalue weighted by atomic mass is 16.7. The van der Waals surface area contributed by atoms with Crippen LogP contribution < -0.4 is 9.47 Å². The van der Waals surface area contributed by atoms with Gasteiger partial charge in [-0.3, -0.25) is 4.98 Å². The normalized spacial score (nSPS) is 21.9. The van der Waals surface area contributed by atoms with Crippen LogP contribution in [0, 0.1) is 11.3 Å². The molecule has 5 heteroatoms. The summed E-state index contributed by atoms with van der Waals surface area (Å²) in [4.78, 5) is 6.72. The summed E-state index contributed by atoms with van der Waals surface area (Å²) < 4.78 is 12.4. The number of aromatic nitrogens is 1. The van der Waals surface area contributed by atoms with Crippen molar-refractivity contribution in [2.24, 2.45) is 0 Å². The number of ether oxygens (including phenoxy) is 2. The topological polar surface area (TPSA) is 58.4 Å². The summed E-state index contributed by atoms with van der Waals surface area (Å²) >= 11 is 0. The molecule has 27 heavy (non-hydrogen) atoms. The third kappa shape index (κ3) is 3.77. The van der Waals surface area contributed by atoms with Gasteiger partial charge in [0.25, 0.3) is 5.79 Å². The van der Waals surface area contributed by atoms with Gasteiger partial charge >= 0.3 is 0 Å². The first-order valence-electron chi connectivity index (χ1n) is 9.65. The summed E-state index contributed by atoms with van der Waals surface area (Å²) in [6.07, 6.45) is 3.80. The minimum Gasteiger partial charge on any atom is -0.443 e. The van der Waals surface area contributed by atoms with Crippen LogP contribution in [0.15, 0.2) is 36.5 Å². The Morgan fingerprint density at radius 1 is 1.15 bits per heavy atom. The third-order valence-corrected chi connectivity index (χ3v) is 5.13. The van der Waals surface area contributed by atoms with Crippen molar-refractivity contribution in [3.63, 3.8) is 0 Å². The Labute approximate surface area is 161 Å². The zero-order valence-corrected chi connectivity index (χ0v) is 16.5. The van der Waals surface area contributed by atoms with Crippen LogP contribution in [0.1, 0.15) is 56.4 Å². The molecule has 0 amide bonds. The lowest BCUT2D eigenvalue weighted by atomic mass is 9.89. The van der Waals surface area contributed by atoms with Gasteiger partial charge in [-0.1, -0.05) is 26.0 Å². The van der Waals surface area contributed by atoms with E-state index in [0.29, 0.717) is 17.2 Å². The van der Waals surface area contributed by atoms with Crippen LogP contribution >= 0.6 is 0 Å². The van der Waals surface area contributed by atoms with Crippen molar-refractivity contribution in [3.8, 4) is 17.6 Å². The molecule has 0 radical (unpaired) electrons. The van der Waals surface area contributed by atoms with Gasteiger partial charge in [-0.15, -0.1) is 0 Å². The number of nitrogens with zero attached hydrogens (tertiary/aromatic N) is 3. The molecule has 142 valence electrons. The van der Waals surface area contributed by atoms with Crippen LogP contribution in [0.2, 0.25) is 0 Å². The van der Waals surface area contributed by atoms with E-state index in [-0.39, 0.29) is 0 Å². The van der Waals surface area contributed by atoms with Crippen LogP contribution in [0.3, 0.4) is 0 Å². The van der Waals surface area contributed by atoms with Gasteiger partial charge in [0, 0.05) is 18.7 Å². The fourth-order valence-corrected chi connectivity index (χ4v) is 3.62. The first kappa shape index (κ1) is 19.2. The number of nitriles is 1. The number of hydrogen-bond donors (Lipinski definition) is 0. The van der Waals surface area contributed by atoms with Crippen LogP contribution in [0.4, 0.5) is 0 Å². The second-order valence-corrected chi connectivity index (χ2v) is 6.95. The highest BCUT2D eigenvalue weighted by Crippen LogP contribution is 2.48. The Bertz CT molecular complexity index is 820. The average Bonchev–Trinajstić information content (AvgIpc) is 3.08. The Kier molecular flexibility index (Phi) is 5.67. The second kappa shape index (κ2) is 7.98. The molecule has 5 nitrogen and oxygen atoms in total. The molecular weight excluding hydrogens is 338 g/mol. The molecule has 1 saturated heterocycles. The molecule has 1 fully saturated rings. The molecule has 4 rings (SSSR count). The van der Waals surface area contributed by atoms with Crippen molar-refractivity contribution in [1.82, 2.24) is 9.88 Å².